The number of ether oxygens (including phenoxy) is 1. The molecular weight excluding hydrogens is 236 g/mol. The fourth-order valence-electron chi connectivity index (χ4n) is 2.60. The Morgan fingerprint density at radius 1 is 1.16 bits per heavy atom. The Bertz CT molecular complexity index is 411. The van der Waals surface area contributed by atoms with Gasteiger partial charge in [-0.1, -0.05) is 12.1 Å². The van der Waals surface area contributed by atoms with Crippen LogP contribution in [-0.2, 0) is 0 Å². The van der Waals surface area contributed by atoms with Gasteiger partial charge in [-0.05, 0) is 44.9 Å². The van der Waals surface area contributed by atoms with Gasteiger partial charge in [-0.3, -0.25) is 4.90 Å². The van der Waals surface area contributed by atoms with Gasteiger partial charge in [0.15, 0.2) is 0 Å². The molecule has 3 nitrogen and oxygen atoms in total. The third-order valence-corrected chi connectivity index (χ3v) is 3.74. The molecule has 0 bridgehead atoms. The van der Waals surface area contributed by atoms with E-state index in [1.807, 2.05) is 0 Å². The number of rotatable bonds is 4. The number of nitrogens with zero attached hydrogens (tertiary/aromatic N) is 1. The van der Waals surface area contributed by atoms with Crippen molar-refractivity contribution in [3.05, 3.63) is 29.3 Å². The van der Waals surface area contributed by atoms with E-state index in [4.69, 9.17) is 4.74 Å². The molecule has 1 aromatic rings. The van der Waals surface area contributed by atoms with E-state index >= 15 is 0 Å². The van der Waals surface area contributed by atoms with Gasteiger partial charge in [-0.2, -0.15) is 0 Å². The highest BCUT2D eigenvalue weighted by Crippen LogP contribution is 2.26. The predicted molar refractivity (Wildman–Crippen MR) is 79.8 cm³/mol. The second kappa shape index (κ2) is 6.40. The Morgan fingerprint density at radius 3 is 2.42 bits per heavy atom. The average Bonchev–Trinajstić information content (AvgIpc) is 2.41. The monoisotopic (exact) mass is 262 g/mol. The molecule has 1 N–H and O–H groups in total. The van der Waals surface area contributed by atoms with Crippen LogP contribution >= 0.6 is 0 Å². The number of benzene rings is 1. The molecule has 0 aliphatic carbocycles. The van der Waals surface area contributed by atoms with Crippen molar-refractivity contribution in [1.29, 1.82) is 0 Å². The van der Waals surface area contributed by atoms with Crippen molar-refractivity contribution in [3.63, 3.8) is 0 Å². The number of aryl methyl sites for hydroxylation is 1. The van der Waals surface area contributed by atoms with E-state index in [0.29, 0.717) is 6.04 Å². The summed E-state index contributed by atoms with van der Waals surface area (Å²) in [5.74, 6) is 1.01. The highest BCUT2D eigenvalue weighted by Gasteiger charge is 2.18. The minimum absolute atomic E-state index is 0.232. The van der Waals surface area contributed by atoms with E-state index in [1.165, 1.54) is 11.1 Å². The van der Waals surface area contributed by atoms with Crippen LogP contribution in [0.25, 0.3) is 0 Å². The van der Waals surface area contributed by atoms with Gasteiger partial charge in [0.25, 0.3) is 0 Å². The summed E-state index contributed by atoms with van der Waals surface area (Å²) in [6.07, 6.45) is 0.232. The third kappa shape index (κ3) is 3.71. The summed E-state index contributed by atoms with van der Waals surface area (Å²) in [7, 11) is 0. The topological polar surface area (TPSA) is 24.5 Å². The van der Waals surface area contributed by atoms with Crippen LogP contribution in [0.15, 0.2) is 18.2 Å². The van der Waals surface area contributed by atoms with Crippen LogP contribution in [0, 0.1) is 6.92 Å². The molecule has 0 spiro atoms. The van der Waals surface area contributed by atoms with Crippen molar-refractivity contribution in [2.75, 3.05) is 26.2 Å². The maximum Gasteiger partial charge on any atom is 0.122 e. The van der Waals surface area contributed by atoms with Crippen LogP contribution in [-0.4, -0.2) is 37.2 Å². The van der Waals surface area contributed by atoms with Gasteiger partial charge in [0.1, 0.15) is 5.75 Å². The van der Waals surface area contributed by atoms with Gasteiger partial charge in [0.2, 0.25) is 0 Å². The molecule has 0 radical (unpaired) electrons. The quantitative estimate of drug-likeness (QED) is 0.903. The van der Waals surface area contributed by atoms with Crippen molar-refractivity contribution in [2.45, 2.75) is 39.8 Å². The Labute approximate surface area is 116 Å². The molecule has 1 aliphatic rings. The van der Waals surface area contributed by atoms with Gasteiger partial charge in [-0.15, -0.1) is 0 Å². The molecule has 1 aromatic carbocycles. The molecule has 0 aromatic heterocycles. The maximum absolute atomic E-state index is 5.80. The molecule has 1 aliphatic heterocycles. The number of hydrogen-bond acceptors (Lipinski definition) is 3. The van der Waals surface area contributed by atoms with Crippen LogP contribution < -0.4 is 10.1 Å². The summed E-state index contributed by atoms with van der Waals surface area (Å²) < 4.78 is 5.80. The second-order valence-corrected chi connectivity index (χ2v) is 5.65. The van der Waals surface area contributed by atoms with Gasteiger partial charge in [-0.25, -0.2) is 0 Å². The van der Waals surface area contributed by atoms with Crippen LogP contribution in [0.1, 0.15) is 37.9 Å². The summed E-state index contributed by atoms with van der Waals surface area (Å²) in [4.78, 5) is 2.54. The van der Waals surface area contributed by atoms with E-state index in [2.05, 4.69) is 56.1 Å². The highest BCUT2D eigenvalue weighted by atomic mass is 16.5. The first-order valence-corrected chi connectivity index (χ1v) is 7.30. The van der Waals surface area contributed by atoms with Crippen LogP contribution in [0.3, 0.4) is 0 Å². The molecule has 1 saturated heterocycles. The number of nitrogens with one attached hydrogen (secondary N) is 1. The lowest BCUT2D eigenvalue weighted by atomic mass is 10.0. The lowest BCUT2D eigenvalue weighted by Gasteiger charge is -2.33. The Balaban J connectivity index is 2.09. The Kier molecular flexibility index (Phi) is 4.83. The number of hydrogen-bond donors (Lipinski definition) is 1. The summed E-state index contributed by atoms with van der Waals surface area (Å²) in [5, 5.41) is 3.40. The lowest BCUT2D eigenvalue weighted by Crippen LogP contribution is -2.44. The average molecular weight is 262 g/mol. The zero-order chi connectivity index (χ0) is 13.8. The van der Waals surface area contributed by atoms with E-state index in [1.54, 1.807) is 0 Å². The molecular formula is C16H26N2O. The van der Waals surface area contributed by atoms with Gasteiger partial charge < -0.3 is 10.1 Å². The standard InChI is InChI=1S/C16H26N2O/c1-12(2)19-16-6-5-15(11-13(16)3)14(4)18-9-7-17-8-10-18/h5-6,11-12,14,17H,7-10H2,1-4H3. The Hall–Kier alpha value is -1.06. The lowest BCUT2D eigenvalue weighted by molar-refractivity contribution is 0.185. The molecule has 19 heavy (non-hydrogen) atoms. The van der Waals surface area contributed by atoms with Crippen molar-refractivity contribution in [1.82, 2.24) is 10.2 Å². The first-order valence-electron chi connectivity index (χ1n) is 7.30. The zero-order valence-corrected chi connectivity index (χ0v) is 12.6. The van der Waals surface area contributed by atoms with E-state index in [0.717, 1.165) is 31.9 Å². The largest absolute Gasteiger partial charge is 0.491 e. The van der Waals surface area contributed by atoms with E-state index < -0.39 is 0 Å². The number of piperazine rings is 1. The molecule has 1 atom stereocenters. The molecule has 2 rings (SSSR count). The van der Waals surface area contributed by atoms with E-state index in [9.17, 15) is 0 Å². The first kappa shape index (κ1) is 14.4. The Morgan fingerprint density at radius 2 is 1.84 bits per heavy atom. The van der Waals surface area contributed by atoms with E-state index in [-0.39, 0.29) is 6.10 Å². The van der Waals surface area contributed by atoms with Gasteiger partial charge in [0.05, 0.1) is 6.10 Å². The normalized spacial score (nSPS) is 18.6. The van der Waals surface area contributed by atoms with Crippen LogP contribution in [0.2, 0.25) is 0 Å². The van der Waals surface area contributed by atoms with Crippen molar-refractivity contribution < 1.29 is 4.74 Å². The minimum Gasteiger partial charge on any atom is -0.491 e. The minimum atomic E-state index is 0.232. The smallest absolute Gasteiger partial charge is 0.122 e. The maximum atomic E-state index is 5.80. The molecule has 3 heteroatoms. The molecule has 1 unspecified atom stereocenters. The molecule has 1 heterocycles. The fraction of sp³-hybridized carbons (Fsp3) is 0.625. The summed E-state index contributed by atoms with van der Waals surface area (Å²) in [6, 6.07) is 7.07. The highest BCUT2D eigenvalue weighted by molar-refractivity contribution is 5.37. The van der Waals surface area contributed by atoms with Gasteiger partial charge >= 0.3 is 0 Å². The van der Waals surface area contributed by atoms with Crippen molar-refractivity contribution in [3.8, 4) is 5.75 Å². The molecule has 0 saturated carbocycles. The van der Waals surface area contributed by atoms with Crippen molar-refractivity contribution in [2.24, 2.45) is 0 Å². The van der Waals surface area contributed by atoms with Gasteiger partial charge in [0, 0.05) is 32.2 Å². The van der Waals surface area contributed by atoms with Crippen LogP contribution in [0.5, 0.6) is 5.75 Å². The van der Waals surface area contributed by atoms with Crippen LogP contribution in [0.4, 0.5) is 0 Å². The zero-order valence-electron chi connectivity index (χ0n) is 12.6. The SMILES string of the molecule is Cc1cc(C(C)N2CCNCC2)ccc1OC(C)C. The van der Waals surface area contributed by atoms with Crippen molar-refractivity contribution >= 4 is 0 Å². The molecule has 0 amide bonds. The summed E-state index contributed by atoms with van der Waals surface area (Å²) in [6.45, 7) is 13.0. The third-order valence-electron chi connectivity index (χ3n) is 3.74. The summed E-state index contributed by atoms with van der Waals surface area (Å²) >= 11 is 0. The molecule has 1 fully saturated rings. The first-order chi connectivity index (χ1) is 9.08. The molecule has 106 valence electrons. The summed E-state index contributed by atoms with van der Waals surface area (Å²) in [5.41, 5.74) is 2.61. The second-order valence-electron chi connectivity index (χ2n) is 5.65. The fourth-order valence-corrected chi connectivity index (χ4v) is 2.60. The predicted octanol–water partition coefficient (Wildman–Crippen LogP) is 2.75.